The third-order valence-electron chi connectivity index (χ3n) is 6.59. The Bertz CT molecular complexity index is 283. The highest BCUT2D eigenvalue weighted by atomic mass is 16.3. The van der Waals surface area contributed by atoms with Crippen molar-refractivity contribution in [3.05, 3.63) is 0 Å². The van der Waals surface area contributed by atoms with Crippen LogP contribution in [-0.2, 0) is 0 Å². The Labute approximate surface area is 126 Å². The van der Waals surface area contributed by atoms with E-state index in [1.54, 1.807) is 0 Å². The van der Waals surface area contributed by atoms with Crippen molar-refractivity contribution < 1.29 is 5.11 Å². The predicted molar refractivity (Wildman–Crippen MR) is 86.6 cm³/mol. The molecule has 1 N–H and O–H groups in total. The largest absolute Gasteiger partial charge is 0.390 e. The number of rotatable bonds is 3. The van der Waals surface area contributed by atoms with Crippen LogP contribution in [0.4, 0.5) is 0 Å². The minimum atomic E-state index is -0.463. The molecule has 0 aromatic heterocycles. The molecule has 118 valence electrons. The van der Waals surface area contributed by atoms with Crippen molar-refractivity contribution >= 4 is 0 Å². The monoisotopic (exact) mass is 280 g/mol. The summed E-state index contributed by atoms with van der Waals surface area (Å²) in [6.45, 7) is 8.86. The summed E-state index contributed by atoms with van der Waals surface area (Å²) in [5.41, 5.74) is -0.463. The van der Waals surface area contributed by atoms with Gasteiger partial charge in [0.2, 0.25) is 0 Å². The summed E-state index contributed by atoms with van der Waals surface area (Å²) in [7, 11) is 0. The maximum Gasteiger partial charge on any atom is 0.0619 e. The van der Waals surface area contributed by atoms with Crippen molar-refractivity contribution in [1.29, 1.82) is 0 Å². The SMILES string of the molecule is CC[C@@H]1CCCC(C2CCC(C(C)(C)O)CC2)CC1C. The fraction of sp³-hybridized carbons (Fsp3) is 1.00. The molecular formula is C19H36O. The van der Waals surface area contributed by atoms with E-state index in [2.05, 4.69) is 13.8 Å². The molecule has 0 saturated heterocycles. The van der Waals surface area contributed by atoms with Crippen LogP contribution in [0.2, 0.25) is 0 Å². The van der Waals surface area contributed by atoms with E-state index < -0.39 is 5.60 Å². The van der Waals surface area contributed by atoms with Gasteiger partial charge in [0.1, 0.15) is 0 Å². The number of aliphatic hydroxyl groups is 1. The van der Waals surface area contributed by atoms with Crippen LogP contribution in [0.1, 0.15) is 85.5 Å². The van der Waals surface area contributed by atoms with Crippen molar-refractivity contribution in [3.8, 4) is 0 Å². The second kappa shape index (κ2) is 6.81. The highest BCUT2D eigenvalue weighted by Crippen LogP contribution is 2.44. The number of hydrogen-bond donors (Lipinski definition) is 1. The van der Waals surface area contributed by atoms with Gasteiger partial charge in [-0.15, -0.1) is 0 Å². The fourth-order valence-corrected chi connectivity index (χ4v) is 5.05. The lowest BCUT2D eigenvalue weighted by atomic mass is 9.69. The third kappa shape index (κ3) is 4.00. The van der Waals surface area contributed by atoms with Crippen molar-refractivity contribution in [3.63, 3.8) is 0 Å². The molecule has 3 atom stereocenters. The van der Waals surface area contributed by atoms with Crippen molar-refractivity contribution in [1.82, 2.24) is 0 Å². The second-order valence-corrected chi connectivity index (χ2v) is 8.34. The van der Waals surface area contributed by atoms with Gasteiger partial charge in [0.05, 0.1) is 5.60 Å². The molecule has 2 aliphatic carbocycles. The van der Waals surface area contributed by atoms with Crippen molar-refractivity contribution in [2.24, 2.45) is 29.6 Å². The Balaban J connectivity index is 1.87. The number of hydrogen-bond acceptors (Lipinski definition) is 1. The van der Waals surface area contributed by atoms with Crippen LogP contribution >= 0.6 is 0 Å². The maximum atomic E-state index is 10.2. The molecule has 0 radical (unpaired) electrons. The van der Waals surface area contributed by atoms with Gasteiger partial charge in [0.25, 0.3) is 0 Å². The molecule has 0 aromatic carbocycles. The summed E-state index contributed by atoms with van der Waals surface area (Å²) in [5.74, 6) is 4.37. The molecule has 2 fully saturated rings. The Morgan fingerprint density at radius 1 is 0.950 bits per heavy atom. The van der Waals surface area contributed by atoms with Gasteiger partial charge >= 0.3 is 0 Å². The first kappa shape index (κ1) is 16.3. The minimum Gasteiger partial charge on any atom is -0.390 e. The van der Waals surface area contributed by atoms with Crippen LogP contribution in [0.3, 0.4) is 0 Å². The van der Waals surface area contributed by atoms with E-state index >= 15 is 0 Å². The molecule has 0 aliphatic heterocycles. The molecule has 0 aromatic rings. The smallest absolute Gasteiger partial charge is 0.0619 e. The van der Waals surface area contributed by atoms with Gasteiger partial charge in [-0.2, -0.15) is 0 Å². The zero-order valence-electron chi connectivity index (χ0n) is 14.2. The average molecular weight is 280 g/mol. The first-order valence-corrected chi connectivity index (χ1v) is 9.14. The second-order valence-electron chi connectivity index (χ2n) is 8.34. The van der Waals surface area contributed by atoms with Crippen LogP contribution in [0.25, 0.3) is 0 Å². The highest BCUT2D eigenvalue weighted by Gasteiger charge is 2.35. The predicted octanol–water partition coefficient (Wildman–Crippen LogP) is 5.42. The Hall–Kier alpha value is -0.0400. The molecule has 1 heteroatoms. The standard InChI is InChI=1S/C19H36O/c1-5-15-7-6-8-17(13-14(15)2)16-9-11-18(12-10-16)19(3,4)20/h14-18,20H,5-13H2,1-4H3/t14?,15-,16?,17?,18?/m1/s1. The molecule has 2 aliphatic rings. The van der Waals surface area contributed by atoms with Gasteiger partial charge in [-0.1, -0.05) is 39.5 Å². The van der Waals surface area contributed by atoms with E-state index in [4.69, 9.17) is 0 Å². The summed E-state index contributed by atoms with van der Waals surface area (Å²) >= 11 is 0. The molecule has 0 heterocycles. The van der Waals surface area contributed by atoms with E-state index in [1.807, 2.05) is 13.8 Å². The van der Waals surface area contributed by atoms with Crippen LogP contribution in [0.15, 0.2) is 0 Å². The van der Waals surface area contributed by atoms with E-state index in [0.29, 0.717) is 5.92 Å². The van der Waals surface area contributed by atoms with Crippen LogP contribution in [0.5, 0.6) is 0 Å². The van der Waals surface area contributed by atoms with Gasteiger partial charge in [-0.25, -0.2) is 0 Å². The summed E-state index contributed by atoms with van der Waals surface area (Å²) in [6.07, 6.45) is 12.5. The topological polar surface area (TPSA) is 20.2 Å². The molecule has 20 heavy (non-hydrogen) atoms. The zero-order valence-corrected chi connectivity index (χ0v) is 14.2. The van der Waals surface area contributed by atoms with Crippen LogP contribution in [-0.4, -0.2) is 10.7 Å². The summed E-state index contributed by atoms with van der Waals surface area (Å²) < 4.78 is 0. The van der Waals surface area contributed by atoms with Crippen molar-refractivity contribution in [2.45, 2.75) is 91.1 Å². The summed E-state index contributed by atoms with van der Waals surface area (Å²) in [6, 6.07) is 0. The quantitative estimate of drug-likeness (QED) is 0.685. The van der Waals surface area contributed by atoms with E-state index in [1.165, 1.54) is 57.8 Å². The minimum absolute atomic E-state index is 0.463. The first-order chi connectivity index (χ1) is 9.41. The molecule has 2 saturated carbocycles. The van der Waals surface area contributed by atoms with E-state index in [0.717, 1.165) is 23.7 Å². The average Bonchev–Trinajstić information content (AvgIpc) is 2.59. The van der Waals surface area contributed by atoms with Crippen molar-refractivity contribution in [2.75, 3.05) is 0 Å². The molecule has 0 amide bonds. The molecule has 0 spiro atoms. The van der Waals surface area contributed by atoms with Crippen LogP contribution in [0, 0.1) is 29.6 Å². The molecule has 0 bridgehead atoms. The normalized spacial score (nSPS) is 40.4. The van der Waals surface area contributed by atoms with Gasteiger partial charge in [0, 0.05) is 0 Å². The maximum absolute atomic E-state index is 10.2. The van der Waals surface area contributed by atoms with Gasteiger partial charge < -0.3 is 5.11 Å². The molecular weight excluding hydrogens is 244 g/mol. The molecule has 1 nitrogen and oxygen atoms in total. The third-order valence-corrected chi connectivity index (χ3v) is 6.59. The highest BCUT2D eigenvalue weighted by molar-refractivity contribution is 4.87. The molecule has 2 rings (SSSR count). The fourth-order valence-electron chi connectivity index (χ4n) is 5.05. The lowest BCUT2D eigenvalue weighted by Gasteiger charge is -2.39. The lowest BCUT2D eigenvalue weighted by molar-refractivity contribution is -0.0115. The summed E-state index contributed by atoms with van der Waals surface area (Å²) in [5, 5.41) is 10.2. The van der Waals surface area contributed by atoms with E-state index in [9.17, 15) is 5.11 Å². The summed E-state index contributed by atoms with van der Waals surface area (Å²) in [4.78, 5) is 0. The zero-order chi connectivity index (χ0) is 14.8. The van der Waals surface area contributed by atoms with Gasteiger partial charge in [-0.05, 0) is 75.5 Å². The van der Waals surface area contributed by atoms with E-state index in [-0.39, 0.29) is 0 Å². The Morgan fingerprint density at radius 2 is 1.60 bits per heavy atom. The lowest BCUT2D eigenvalue weighted by Crippen LogP contribution is -2.35. The molecule has 2 unspecified atom stereocenters. The van der Waals surface area contributed by atoms with Gasteiger partial charge in [0.15, 0.2) is 0 Å². The van der Waals surface area contributed by atoms with Crippen LogP contribution < -0.4 is 0 Å². The van der Waals surface area contributed by atoms with Gasteiger partial charge in [-0.3, -0.25) is 0 Å². The first-order valence-electron chi connectivity index (χ1n) is 9.14. The Morgan fingerprint density at radius 3 is 2.15 bits per heavy atom. The Kier molecular flexibility index (Phi) is 5.56.